The third-order valence-electron chi connectivity index (χ3n) is 2.48. The van der Waals surface area contributed by atoms with E-state index in [-0.39, 0.29) is 0 Å². The largest absolute Gasteiger partial charge is 0.378 e. The highest BCUT2D eigenvalue weighted by atomic mass is 15.1. The molecule has 2 rings (SSSR count). The third-order valence-corrected chi connectivity index (χ3v) is 2.48. The second-order valence-electron chi connectivity index (χ2n) is 3.79. The minimum atomic E-state index is 0.633. The molecule has 2 aromatic heterocycles. The van der Waals surface area contributed by atoms with Gasteiger partial charge in [-0.2, -0.15) is 0 Å². The molecule has 2 heterocycles. The van der Waals surface area contributed by atoms with Crippen molar-refractivity contribution in [1.82, 2.24) is 9.38 Å². The lowest BCUT2D eigenvalue weighted by Crippen LogP contribution is -2.09. The quantitative estimate of drug-likeness (QED) is 0.808. The van der Waals surface area contributed by atoms with Gasteiger partial charge in [0.25, 0.3) is 0 Å². The van der Waals surface area contributed by atoms with Crippen LogP contribution < -0.4 is 10.6 Å². The predicted octanol–water partition coefficient (Wildman–Crippen LogP) is 0.901. The number of pyridine rings is 1. The van der Waals surface area contributed by atoms with E-state index in [0.717, 1.165) is 17.8 Å². The van der Waals surface area contributed by atoms with Gasteiger partial charge in [0.1, 0.15) is 5.82 Å². The van der Waals surface area contributed by atoms with Crippen molar-refractivity contribution in [3.8, 4) is 0 Å². The van der Waals surface area contributed by atoms with E-state index < -0.39 is 0 Å². The van der Waals surface area contributed by atoms with E-state index in [2.05, 4.69) is 26.4 Å². The molecule has 0 spiro atoms. The second-order valence-corrected chi connectivity index (χ2v) is 3.79. The summed E-state index contributed by atoms with van der Waals surface area (Å²) in [5.41, 5.74) is 7.82. The van der Waals surface area contributed by atoms with E-state index in [1.165, 1.54) is 5.69 Å². The number of nitrogens with two attached hydrogens (primary N) is 1. The first-order valence-electron chi connectivity index (χ1n) is 5.06. The summed E-state index contributed by atoms with van der Waals surface area (Å²) in [4.78, 5) is 6.43. The summed E-state index contributed by atoms with van der Waals surface area (Å²) in [6.07, 6.45) is 4.75. The average Bonchev–Trinajstić information content (AvgIpc) is 2.61. The fourth-order valence-electron chi connectivity index (χ4n) is 1.64. The highest BCUT2D eigenvalue weighted by molar-refractivity contribution is 5.58. The molecular formula is C11H16N4. The van der Waals surface area contributed by atoms with Gasteiger partial charge in [0.15, 0.2) is 0 Å². The molecule has 2 N–H and O–H groups in total. The van der Waals surface area contributed by atoms with E-state index in [4.69, 9.17) is 5.73 Å². The summed E-state index contributed by atoms with van der Waals surface area (Å²) in [6.45, 7) is 0.633. The minimum Gasteiger partial charge on any atom is -0.378 e. The number of aromatic nitrogens is 2. The van der Waals surface area contributed by atoms with Crippen molar-refractivity contribution in [1.29, 1.82) is 0 Å². The number of rotatable bonds is 3. The molecule has 2 aromatic rings. The SMILES string of the molecule is CN(C)c1ccn2c(CCN)ncc2c1. The lowest BCUT2D eigenvalue weighted by atomic mass is 10.3. The molecule has 0 bridgehead atoms. The summed E-state index contributed by atoms with van der Waals surface area (Å²) < 4.78 is 2.08. The number of nitrogens with zero attached hydrogens (tertiary/aromatic N) is 3. The molecular weight excluding hydrogens is 188 g/mol. The Morgan fingerprint density at radius 2 is 2.27 bits per heavy atom. The van der Waals surface area contributed by atoms with Crippen LogP contribution in [0.25, 0.3) is 5.52 Å². The third kappa shape index (κ3) is 1.80. The summed E-state index contributed by atoms with van der Waals surface area (Å²) >= 11 is 0. The molecule has 0 aliphatic heterocycles. The van der Waals surface area contributed by atoms with E-state index in [1.54, 1.807) is 0 Å². The first-order valence-corrected chi connectivity index (χ1v) is 5.06. The molecule has 0 aromatic carbocycles. The summed E-state index contributed by atoms with van der Waals surface area (Å²) in [5, 5.41) is 0. The van der Waals surface area contributed by atoms with Crippen LogP contribution in [0.1, 0.15) is 5.82 Å². The Morgan fingerprint density at radius 1 is 1.47 bits per heavy atom. The predicted molar refractivity (Wildman–Crippen MR) is 62.3 cm³/mol. The van der Waals surface area contributed by atoms with Gasteiger partial charge in [0.2, 0.25) is 0 Å². The van der Waals surface area contributed by atoms with Crippen molar-refractivity contribution in [3.05, 3.63) is 30.4 Å². The van der Waals surface area contributed by atoms with Gasteiger partial charge >= 0.3 is 0 Å². The van der Waals surface area contributed by atoms with Crippen molar-refractivity contribution in [3.63, 3.8) is 0 Å². The van der Waals surface area contributed by atoms with Gasteiger partial charge in [-0.3, -0.25) is 0 Å². The lowest BCUT2D eigenvalue weighted by molar-refractivity contribution is 0.862. The van der Waals surface area contributed by atoms with Crippen molar-refractivity contribution >= 4 is 11.2 Å². The molecule has 0 radical (unpaired) electrons. The van der Waals surface area contributed by atoms with Gasteiger partial charge in [-0.1, -0.05) is 0 Å². The van der Waals surface area contributed by atoms with Crippen LogP contribution >= 0.6 is 0 Å². The number of anilines is 1. The molecule has 4 heteroatoms. The topological polar surface area (TPSA) is 46.6 Å². The minimum absolute atomic E-state index is 0.633. The standard InChI is InChI=1S/C11H16N4/c1-14(2)9-4-6-15-10(7-9)8-13-11(15)3-5-12/h4,6-8H,3,5,12H2,1-2H3. The maximum absolute atomic E-state index is 5.53. The Bertz CT molecular complexity index is 459. The van der Waals surface area contributed by atoms with Crippen LogP contribution in [0.2, 0.25) is 0 Å². The van der Waals surface area contributed by atoms with Gasteiger partial charge in [0.05, 0.1) is 11.7 Å². The smallest absolute Gasteiger partial charge is 0.114 e. The molecule has 0 unspecified atom stereocenters. The summed E-state index contributed by atoms with van der Waals surface area (Å²) in [5.74, 6) is 1.03. The normalized spacial score (nSPS) is 10.9. The summed E-state index contributed by atoms with van der Waals surface area (Å²) in [6, 6.07) is 4.20. The molecule has 80 valence electrons. The van der Waals surface area contributed by atoms with Gasteiger partial charge in [-0.15, -0.1) is 0 Å². The van der Waals surface area contributed by atoms with Crippen LogP contribution in [0.5, 0.6) is 0 Å². The Hall–Kier alpha value is -1.55. The molecule has 0 amide bonds. The van der Waals surface area contributed by atoms with Crippen molar-refractivity contribution in [2.24, 2.45) is 5.73 Å². The fourth-order valence-corrected chi connectivity index (χ4v) is 1.64. The molecule has 15 heavy (non-hydrogen) atoms. The Kier molecular flexibility index (Phi) is 2.60. The highest BCUT2D eigenvalue weighted by Crippen LogP contribution is 2.15. The maximum Gasteiger partial charge on any atom is 0.114 e. The molecule has 0 saturated heterocycles. The number of hydrogen-bond acceptors (Lipinski definition) is 3. The Morgan fingerprint density at radius 3 is 2.93 bits per heavy atom. The zero-order valence-electron chi connectivity index (χ0n) is 9.14. The van der Waals surface area contributed by atoms with Gasteiger partial charge in [-0.05, 0) is 18.7 Å². The maximum atomic E-state index is 5.53. The second kappa shape index (κ2) is 3.90. The number of imidazole rings is 1. The lowest BCUT2D eigenvalue weighted by Gasteiger charge is -2.12. The molecule has 4 nitrogen and oxygen atoms in total. The summed E-state index contributed by atoms with van der Waals surface area (Å²) in [7, 11) is 4.06. The Labute approximate surface area is 89.3 Å². The number of fused-ring (bicyclic) bond motifs is 1. The van der Waals surface area contributed by atoms with Gasteiger partial charge < -0.3 is 15.0 Å². The monoisotopic (exact) mass is 204 g/mol. The van der Waals surface area contributed by atoms with E-state index >= 15 is 0 Å². The molecule has 0 atom stereocenters. The first-order chi connectivity index (χ1) is 7.22. The van der Waals surface area contributed by atoms with E-state index in [0.29, 0.717) is 6.54 Å². The average molecular weight is 204 g/mol. The zero-order valence-corrected chi connectivity index (χ0v) is 9.14. The number of hydrogen-bond donors (Lipinski definition) is 1. The molecule has 0 fully saturated rings. The molecule has 0 aliphatic carbocycles. The van der Waals surface area contributed by atoms with Crippen LogP contribution in [0.15, 0.2) is 24.5 Å². The van der Waals surface area contributed by atoms with Crippen LogP contribution in [-0.4, -0.2) is 30.0 Å². The zero-order chi connectivity index (χ0) is 10.8. The first kappa shape index (κ1) is 9.98. The Balaban J connectivity index is 2.47. The van der Waals surface area contributed by atoms with Crippen molar-refractivity contribution in [2.45, 2.75) is 6.42 Å². The van der Waals surface area contributed by atoms with Crippen molar-refractivity contribution in [2.75, 3.05) is 25.5 Å². The molecule has 0 saturated carbocycles. The van der Waals surface area contributed by atoms with Gasteiger partial charge in [-0.25, -0.2) is 4.98 Å². The van der Waals surface area contributed by atoms with Gasteiger partial charge in [0, 0.05) is 32.4 Å². The van der Waals surface area contributed by atoms with E-state index in [9.17, 15) is 0 Å². The highest BCUT2D eigenvalue weighted by Gasteiger charge is 2.03. The van der Waals surface area contributed by atoms with Crippen molar-refractivity contribution < 1.29 is 0 Å². The molecule has 0 aliphatic rings. The fraction of sp³-hybridized carbons (Fsp3) is 0.364. The van der Waals surface area contributed by atoms with Crippen LogP contribution in [0, 0.1) is 0 Å². The van der Waals surface area contributed by atoms with Crippen LogP contribution in [0.3, 0.4) is 0 Å². The van der Waals surface area contributed by atoms with E-state index in [1.807, 2.05) is 26.5 Å². The van der Waals surface area contributed by atoms with Crippen LogP contribution in [-0.2, 0) is 6.42 Å². The van der Waals surface area contributed by atoms with Crippen LogP contribution in [0.4, 0.5) is 5.69 Å².